The first-order chi connectivity index (χ1) is 9.61. The van der Waals surface area contributed by atoms with Crippen LogP contribution in [0.15, 0.2) is 40.9 Å². The number of halogens is 3. The minimum absolute atomic E-state index is 0.125. The van der Waals surface area contributed by atoms with E-state index in [1.54, 1.807) is 7.11 Å². The average molecular weight is 342 g/mol. The highest BCUT2D eigenvalue weighted by Crippen LogP contribution is 2.24. The summed E-state index contributed by atoms with van der Waals surface area (Å²) in [6, 6.07) is 10.1. The van der Waals surface area contributed by atoms with E-state index in [4.69, 9.17) is 4.74 Å². The van der Waals surface area contributed by atoms with Gasteiger partial charge in [-0.25, -0.2) is 8.78 Å². The Labute approximate surface area is 124 Å². The van der Waals surface area contributed by atoms with Gasteiger partial charge in [0.25, 0.3) is 0 Å². The molecule has 0 amide bonds. The Bertz CT molecular complexity index is 581. The number of nitrogens with one attached hydrogen (secondary N) is 1. The maximum atomic E-state index is 13.7. The van der Waals surface area contributed by atoms with E-state index in [0.717, 1.165) is 11.1 Å². The molecule has 2 aromatic rings. The zero-order valence-electron chi connectivity index (χ0n) is 10.9. The molecule has 5 heteroatoms. The van der Waals surface area contributed by atoms with Gasteiger partial charge >= 0.3 is 0 Å². The van der Waals surface area contributed by atoms with Gasteiger partial charge in [0.05, 0.1) is 6.61 Å². The lowest BCUT2D eigenvalue weighted by molar-refractivity contribution is 0.184. The third-order valence-electron chi connectivity index (χ3n) is 2.88. The predicted octanol–water partition coefficient (Wildman–Crippen LogP) is 4.49. The van der Waals surface area contributed by atoms with Crippen LogP contribution < -0.4 is 5.32 Å². The van der Waals surface area contributed by atoms with Crippen molar-refractivity contribution in [1.29, 1.82) is 0 Å². The van der Waals surface area contributed by atoms with Crippen molar-refractivity contribution in [3.8, 4) is 0 Å². The molecule has 2 aromatic carbocycles. The number of methoxy groups -OCH3 is 1. The molecule has 0 heterocycles. The first kappa shape index (κ1) is 14.9. The van der Waals surface area contributed by atoms with Gasteiger partial charge in [0.2, 0.25) is 0 Å². The molecule has 2 nitrogen and oxygen atoms in total. The van der Waals surface area contributed by atoms with E-state index in [2.05, 4.69) is 21.2 Å². The molecule has 0 fully saturated rings. The van der Waals surface area contributed by atoms with E-state index in [1.807, 2.05) is 24.3 Å². The Balaban J connectivity index is 2.17. The van der Waals surface area contributed by atoms with E-state index in [1.165, 1.54) is 12.1 Å². The third kappa shape index (κ3) is 3.55. The summed E-state index contributed by atoms with van der Waals surface area (Å²) in [4.78, 5) is 0. The highest BCUT2D eigenvalue weighted by atomic mass is 79.9. The minimum Gasteiger partial charge on any atom is -0.380 e. The predicted molar refractivity (Wildman–Crippen MR) is 78.5 cm³/mol. The molecule has 0 bridgehead atoms. The van der Waals surface area contributed by atoms with Gasteiger partial charge in [-0.05, 0) is 23.3 Å². The van der Waals surface area contributed by atoms with Crippen molar-refractivity contribution in [3.05, 3.63) is 63.6 Å². The molecule has 0 aliphatic heterocycles. The Morgan fingerprint density at radius 2 is 1.70 bits per heavy atom. The van der Waals surface area contributed by atoms with Crippen molar-refractivity contribution in [2.45, 2.75) is 13.2 Å². The SMILES string of the molecule is COCc1ccccc1CNc1c(F)cc(Br)cc1F. The Morgan fingerprint density at radius 1 is 1.10 bits per heavy atom. The molecule has 20 heavy (non-hydrogen) atoms. The second-order valence-electron chi connectivity index (χ2n) is 4.30. The second kappa shape index (κ2) is 6.81. The Kier molecular flexibility index (Phi) is 5.09. The fraction of sp³-hybridized carbons (Fsp3) is 0.200. The molecule has 0 atom stereocenters. The summed E-state index contributed by atoms with van der Waals surface area (Å²) in [5, 5.41) is 2.80. The molecule has 0 aliphatic rings. The highest BCUT2D eigenvalue weighted by molar-refractivity contribution is 9.10. The average Bonchev–Trinajstić information content (AvgIpc) is 2.39. The molecule has 0 spiro atoms. The highest BCUT2D eigenvalue weighted by Gasteiger charge is 2.11. The van der Waals surface area contributed by atoms with Crippen LogP contribution >= 0.6 is 15.9 Å². The largest absolute Gasteiger partial charge is 0.380 e. The van der Waals surface area contributed by atoms with Crippen LogP contribution in [0.25, 0.3) is 0 Å². The van der Waals surface area contributed by atoms with Gasteiger partial charge in [0.15, 0.2) is 0 Å². The van der Waals surface area contributed by atoms with Crippen LogP contribution in [-0.2, 0) is 17.9 Å². The van der Waals surface area contributed by atoms with Crippen LogP contribution in [0.5, 0.6) is 0 Å². The first-order valence-electron chi connectivity index (χ1n) is 6.06. The van der Waals surface area contributed by atoms with Crippen LogP contribution in [0, 0.1) is 11.6 Å². The van der Waals surface area contributed by atoms with E-state index in [-0.39, 0.29) is 5.69 Å². The van der Waals surface area contributed by atoms with E-state index < -0.39 is 11.6 Å². The number of hydrogen-bond acceptors (Lipinski definition) is 2. The first-order valence-corrected chi connectivity index (χ1v) is 6.85. The van der Waals surface area contributed by atoms with Crippen molar-refractivity contribution < 1.29 is 13.5 Å². The van der Waals surface area contributed by atoms with Crippen molar-refractivity contribution in [2.24, 2.45) is 0 Å². The molecule has 0 radical (unpaired) electrons. The van der Waals surface area contributed by atoms with Gasteiger partial charge in [-0.1, -0.05) is 40.2 Å². The standard InChI is InChI=1S/C15H14BrF2NO/c1-20-9-11-5-3-2-4-10(11)8-19-15-13(17)6-12(16)7-14(15)18/h2-7,19H,8-9H2,1H3. The van der Waals surface area contributed by atoms with Crippen LogP contribution in [0.4, 0.5) is 14.5 Å². The summed E-state index contributed by atoms with van der Waals surface area (Å²) >= 11 is 3.05. The van der Waals surface area contributed by atoms with Gasteiger partial charge in [-0.2, -0.15) is 0 Å². The fourth-order valence-electron chi connectivity index (χ4n) is 1.92. The van der Waals surface area contributed by atoms with Gasteiger partial charge in [-0.15, -0.1) is 0 Å². The minimum atomic E-state index is -0.624. The van der Waals surface area contributed by atoms with E-state index in [0.29, 0.717) is 17.6 Å². The smallest absolute Gasteiger partial charge is 0.150 e. The van der Waals surface area contributed by atoms with Crippen LogP contribution in [0.2, 0.25) is 0 Å². The topological polar surface area (TPSA) is 21.3 Å². The number of anilines is 1. The molecule has 1 N–H and O–H groups in total. The van der Waals surface area contributed by atoms with Crippen LogP contribution in [-0.4, -0.2) is 7.11 Å². The van der Waals surface area contributed by atoms with Crippen molar-refractivity contribution in [3.63, 3.8) is 0 Å². The third-order valence-corrected chi connectivity index (χ3v) is 3.34. The molecule has 0 aromatic heterocycles. The monoisotopic (exact) mass is 341 g/mol. The lowest BCUT2D eigenvalue weighted by Gasteiger charge is -2.12. The van der Waals surface area contributed by atoms with Gasteiger partial charge in [-0.3, -0.25) is 0 Å². The zero-order valence-corrected chi connectivity index (χ0v) is 12.5. The normalized spacial score (nSPS) is 10.6. The summed E-state index contributed by atoms with van der Waals surface area (Å²) < 4.78 is 32.9. The molecule has 0 unspecified atom stereocenters. The summed E-state index contributed by atoms with van der Waals surface area (Å²) in [5.74, 6) is -1.25. The van der Waals surface area contributed by atoms with Crippen LogP contribution in [0.3, 0.4) is 0 Å². The molecule has 0 aliphatic carbocycles. The van der Waals surface area contributed by atoms with Gasteiger partial charge < -0.3 is 10.1 Å². The molecular formula is C15H14BrF2NO. The van der Waals surface area contributed by atoms with Crippen molar-refractivity contribution in [1.82, 2.24) is 0 Å². The number of ether oxygens (including phenoxy) is 1. The van der Waals surface area contributed by atoms with Crippen molar-refractivity contribution in [2.75, 3.05) is 12.4 Å². The fourth-order valence-corrected chi connectivity index (χ4v) is 2.32. The van der Waals surface area contributed by atoms with Gasteiger partial charge in [0.1, 0.15) is 17.3 Å². The number of benzene rings is 2. The maximum Gasteiger partial charge on any atom is 0.150 e. The lowest BCUT2D eigenvalue weighted by Crippen LogP contribution is -2.06. The van der Waals surface area contributed by atoms with Gasteiger partial charge in [0, 0.05) is 18.1 Å². The second-order valence-corrected chi connectivity index (χ2v) is 5.22. The Hall–Kier alpha value is -1.46. The molecule has 106 valence electrons. The summed E-state index contributed by atoms with van der Waals surface area (Å²) in [6.07, 6.45) is 0. The quantitative estimate of drug-likeness (QED) is 0.865. The van der Waals surface area contributed by atoms with E-state index >= 15 is 0 Å². The Morgan fingerprint density at radius 3 is 2.30 bits per heavy atom. The summed E-state index contributed by atoms with van der Waals surface area (Å²) in [6.45, 7) is 0.790. The molecule has 0 saturated carbocycles. The molecular weight excluding hydrogens is 328 g/mol. The zero-order chi connectivity index (χ0) is 14.5. The number of hydrogen-bond donors (Lipinski definition) is 1. The molecule has 2 rings (SSSR count). The summed E-state index contributed by atoms with van der Waals surface area (Å²) in [5.41, 5.74) is 1.80. The van der Waals surface area contributed by atoms with Crippen LogP contribution in [0.1, 0.15) is 11.1 Å². The summed E-state index contributed by atoms with van der Waals surface area (Å²) in [7, 11) is 1.61. The lowest BCUT2D eigenvalue weighted by atomic mass is 10.1. The van der Waals surface area contributed by atoms with E-state index in [9.17, 15) is 8.78 Å². The maximum absolute atomic E-state index is 13.7. The molecule has 0 saturated heterocycles. The van der Waals surface area contributed by atoms with Crippen molar-refractivity contribution >= 4 is 21.6 Å². The number of rotatable bonds is 5.